The molecule has 3 aromatic rings. The molecule has 1 fully saturated rings. The van der Waals surface area contributed by atoms with Gasteiger partial charge < -0.3 is 9.73 Å². The van der Waals surface area contributed by atoms with E-state index in [9.17, 15) is 9.59 Å². The van der Waals surface area contributed by atoms with Gasteiger partial charge in [-0.05, 0) is 55.4 Å². The van der Waals surface area contributed by atoms with Crippen molar-refractivity contribution >= 4 is 28.2 Å². The quantitative estimate of drug-likeness (QED) is 0.661. The molecule has 1 unspecified atom stereocenters. The molecule has 0 aliphatic carbocycles. The van der Waals surface area contributed by atoms with Crippen LogP contribution in [0.1, 0.15) is 41.0 Å². The van der Waals surface area contributed by atoms with Gasteiger partial charge in [0.25, 0.3) is 5.91 Å². The van der Waals surface area contributed by atoms with E-state index in [1.807, 2.05) is 18.2 Å². The molecule has 6 heteroatoms. The predicted molar refractivity (Wildman–Crippen MR) is 112 cm³/mol. The van der Waals surface area contributed by atoms with Crippen LogP contribution in [0.25, 0.3) is 11.0 Å². The van der Waals surface area contributed by atoms with Crippen molar-refractivity contribution in [1.82, 2.24) is 10.2 Å². The Balaban J connectivity index is 1.51. The van der Waals surface area contributed by atoms with Gasteiger partial charge in [-0.2, -0.15) is 0 Å². The van der Waals surface area contributed by atoms with E-state index in [1.54, 1.807) is 29.5 Å². The largest absolute Gasteiger partial charge is 0.422 e. The minimum atomic E-state index is -0.601. The van der Waals surface area contributed by atoms with E-state index >= 15 is 0 Å². The topological polar surface area (TPSA) is 62.6 Å². The van der Waals surface area contributed by atoms with E-state index in [2.05, 4.69) is 28.6 Å². The number of carbonyl (C=O) groups excluding carboxylic acids is 1. The van der Waals surface area contributed by atoms with E-state index in [0.29, 0.717) is 12.1 Å². The van der Waals surface area contributed by atoms with Gasteiger partial charge in [-0.3, -0.25) is 9.69 Å². The molecule has 0 spiro atoms. The Morgan fingerprint density at radius 3 is 2.79 bits per heavy atom. The summed E-state index contributed by atoms with van der Waals surface area (Å²) in [7, 11) is 0. The summed E-state index contributed by atoms with van der Waals surface area (Å²) in [6, 6.07) is 13.1. The van der Waals surface area contributed by atoms with Crippen LogP contribution >= 0.6 is 11.3 Å². The van der Waals surface area contributed by atoms with Crippen molar-refractivity contribution in [3.63, 3.8) is 0 Å². The van der Waals surface area contributed by atoms with E-state index in [4.69, 9.17) is 4.42 Å². The molecule has 28 heavy (non-hydrogen) atoms. The zero-order valence-corrected chi connectivity index (χ0v) is 16.7. The van der Waals surface area contributed by atoms with E-state index in [-0.39, 0.29) is 17.5 Å². The molecule has 1 aliphatic heterocycles. The lowest BCUT2D eigenvalue weighted by Gasteiger charge is -2.36. The number of rotatable bonds is 5. The van der Waals surface area contributed by atoms with Gasteiger partial charge in [0.2, 0.25) is 0 Å². The molecular weight excluding hydrogens is 372 g/mol. The average Bonchev–Trinajstić information content (AvgIpc) is 3.23. The van der Waals surface area contributed by atoms with Crippen LogP contribution in [0, 0.1) is 5.92 Å². The van der Waals surface area contributed by atoms with Crippen LogP contribution < -0.4 is 10.9 Å². The summed E-state index contributed by atoms with van der Waals surface area (Å²) >= 11 is 1.70. The highest BCUT2D eigenvalue weighted by Crippen LogP contribution is 2.29. The zero-order chi connectivity index (χ0) is 19.5. The van der Waals surface area contributed by atoms with Crippen molar-refractivity contribution in [3.8, 4) is 0 Å². The first kappa shape index (κ1) is 18.9. The van der Waals surface area contributed by atoms with Crippen LogP contribution in [0.3, 0.4) is 0 Å². The second-order valence-electron chi connectivity index (χ2n) is 7.45. The van der Waals surface area contributed by atoms with Crippen molar-refractivity contribution < 1.29 is 9.21 Å². The maximum atomic E-state index is 12.7. The first-order valence-corrected chi connectivity index (χ1v) is 10.6. The SMILES string of the molecule is CC1CCN(C(CNC(=O)c2cc3ccccc3oc2=O)c2cccs2)CC1. The van der Waals surface area contributed by atoms with Crippen LogP contribution in [0.4, 0.5) is 0 Å². The molecule has 0 saturated carbocycles. The van der Waals surface area contributed by atoms with Crippen LogP contribution in [0.15, 0.2) is 57.1 Å². The minimum absolute atomic E-state index is 0.0518. The summed E-state index contributed by atoms with van der Waals surface area (Å²) in [4.78, 5) is 28.7. The number of hydrogen-bond donors (Lipinski definition) is 1. The smallest absolute Gasteiger partial charge is 0.349 e. The van der Waals surface area contributed by atoms with Crippen LogP contribution in [0.2, 0.25) is 0 Å². The van der Waals surface area contributed by atoms with Crippen molar-refractivity contribution in [1.29, 1.82) is 0 Å². The zero-order valence-electron chi connectivity index (χ0n) is 15.9. The summed E-state index contributed by atoms with van der Waals surface area (Å²) in [6.07, 6.45) is 2.34. The number of fused-ring (bicyclic) bond motifs is 1. The lowest BCUT2D eigenvalue weighted by atomic mass is 9.97. The number of amides is 1. The van der Waals surface area contributed by atoms with Gasteiger partial charge in [-0.25, -0.2) is 4.79 Å². The molecular formula is C22H24N2O3S. The third-order valence-corrected chi connectivity index (χ3v) is 6.45. The van der Waals surface area contributed by atoms with Gasteiger partial charge in [0.1, 0.15) is 11.1 Å². The number of nitrogens with zero attached hydrogens (tertiary/aromatic N) is 1. The molecule has 4 rings (SSSR count). The maximum absolute atomic E-state index is 12.7. The number of benzene rings is 1. The van der Waals surface area contributed by atoms with Crippen LogP contribution in [0.5, 0.6) is 0 Å². The number of carbonyl (C=O) groups is 1. The summed E-state index contributed by atoms with van der Waals surface area (Å²) in [5, 5.41) is 5.77. The third-order valence-electron chi connectivity index (χ3n) is 5.47. The molecule has 146 valence electrons. The third kappa shape index (κ3) is 4.03. The maximum Gasteiger partial charge on any atom is 0.349 e. The molecule has 3 heterocycles. The highest BCUT2D eigenvalue weighted by molar-refractivity contribution is 7.10. The molecule has 5 nitrogen and oxygen atoms in total. The number of likely N-dealkylation sites (tertiary alicyclic amines) is 1. The van der Waals surface area contributed by atoms with Gasteiger partial charge in [-0.1, -0.05) is 31.2 Å². The highest BCUT2D eigenvalue weighted by Gasteiger charge is 2.26. The highest BCUT2D eigenvalue weighted by atomic mass is 32.1. The summed E-state index contributed by atoms with van der Waals surface area (Å²) in [5.74, 6) is 0.364. The molecule has 1 N–H and O–H groups in total. The van der Waals surface area contributed by atoms with Crippen molar-refractivity contribution in [2.45, 2.75) is 25.8 Å². The molecule has 1 amide bonds. The Bertz CT molecular complexity index is 1000. The lowest BCUT2D eigenvalue weighted by molar-refractivity contribution is 0.0911. The van der Waals surface area contributed by atoms with Gasteiger partial charge in [0.15, 0.2) is 0 Å². The number of para-hydroxylation sites is 1. The number of hydrogen-bond acceptors (Lipinski definition) is 5. The average molecular weight is 397 g/mol. The monoisotopic (exact) mass is 396 g/mol. The lowest BCUT2D eigenvalue weighted by Crippen LogP contribution is -2.42. The van der Waals surface area contributed by atoms with Gasteiger partial charge in [-0.15, -0.1) is 11.3 Å². The van der Waals surface area contributed by atoms with Crippen molar-refractivity contribution in [3.05, 3.63) is 68.7 Å². The first-order chi connectivity index (χ1) is 13.6. The Morgan fingerprint density at radius 1 is 1.25 bits per heavy atom. The fourth-order valence-corrected chi connectivity index (χ4v) is 4.60. The van der Waals surface area contributed by atoms with Crippen LogP contribution in [-0.4, -0.2) is 30.4 Å². The van der Waals surface area contributed by atoms with E-state index < -0.39 is 5.63 Å². The molecule has 1 aliphatic rings. The van der Waals surface area contributed by atoms with Crippen molar-refractivity contribution in [2.75, 3.05) is 19.6 Å². The summed E-state index contributed by atoms with van der Waals surface area (Å²) < 4.78 is 5.30. The van der Waals surface area contributed by atoms with E-state index in [1.165, 1.54) is 17.7 Å². The number of nitrogens with one attached hydrogen (secondary N) is 1. The predicted octanol–water partition coefficient (Wildman–Crippen LogP) is 4.06. The Hall–Kier alpha value is -2.44. The molecule has 0 bridgehead atoms. The summed E-state index contributed by atoms with van der Waals surface area (Å²) in [6.45, 7) is 4.81. The first-order valence-electron chi connectivity index (χ1n) is 9.70. The van der Waals surface area contributed by atoms with Crippen LogP contribution in [-0.2, 0) is 0 Å². The number of thiophene rings is 1. The molecule has 1 atom stereocenters. The fourth-order valence-electron chi connectivity index (χ4n) is 3.74. The molecule has 0 radical (unpaired) electrons. The normalized spacial score (nSPS) is 16.9. The Labute approximate surface area is 168 Å². The Morgan fingerprint density at radius 2 is 2.04 bits per heavy atom. The van der Waals surface area contributed by atoms with E-state index in [0.717, 1.165) is 24.4 Å². The molecule has 2 aromatic heterocycles. The standard InChI is InChI=1S/C22H24N2O3S/c1-15-8-10-24(11-9-15)18(20-7-4-12-28-20)14-23-21(25)17-13-16-5-2-3-6-19(16)27-22(17)26/h2-7,12-13,15,18H,8-11,14H2,1H3,(H,23,25). The molecule has 1 saturated heterocycles. The second-order valence-corrected chi connectivity index (χ2v) is 8.42. The van der Waals surface area contributed by atoms with Crippen molar-refractivity contribution in [2.24, 2.45) is 5.92 Å². The number of piperidine rings is 1. The second kappa shape index (κ2) is 8.29. The van der Waals surface area contributed by atoms with Gasteiger partial charge in [0, 0.05) is 16.8 Å². The Kier molecular flexibility index (Phi) is 5.59. The van der Waals surface area contributed by atoms with Gasteiger partial charge >= 0.3 is 5.63 Å². The molecule has 1 aromatic carbocycles. The minimum Gasteiger partial charge on any atom is -0.422 e. The summed E-state index contributed by atoms with van der Waals surface area (Å²) in [5.41, 5.74) is -0.0606. The fraction of sp³-hybridized carbons (Fsp3) is 0.364. The van der Waals surface area contributed by atoms with Gasteiger partial charge in [0.05, 0.1) is 6.04 Å².